The maximum Gasteiger partial charge on any atom is 0.257 e. The minimum atomic E-state index is -3.62. The van der Waals surface area contributed by atoms with Gasteiger partial charge >= 0.3 is 0 Å². The number of imidazole rings is 1. The van der Waals surface area contributed by atoms with E-state index in [0.717, 1.165) is 0 Å². The first-order valence-electron chi connectivity index (χ1n) is 5.22. The van der Waals surface area contributed by atoms with Crippen LogP contribution in [0.15, 0.2) is 11.2 Å². The molecule has 96 valence electrons. The summed E-state index contributed by atoms with van der Waals surface area (Å²) in [6.07, 6.45) is 2.02. The van der Waals surface area contributed by atoms with Gasteiger partial charge in [0.25, 0.3) is 10.0 Å². The number of H-pyrrole nitrogens is 1. The Kier molecular flexibility index (Phi) is 4.24. The van der Waals surface area contributed by atoms with Crippen molar-refractivity contribution in [2.24, 2.45) is 5.73 Å². The van der Waals surface area contributed by atoms with Crippen molar-refractivity contribution in [1.82, 2.24) is 14.7 Å². The fraction of sp³-hybridized carbons (Fsp3) is 0.556. The quantitative estimate of drug-likeness (QED) is 0.427. The second-order valence-corrected chi connectivity index (χ2v) is 5.47. The van der Waals surface area contributed by atoms with Crippen LogP contribution in [-0.4, -0.2) is 30.3 Å². The molecule has 1 atom stereocenters. The maximum atomic E-state index is 11.9. The molecule has 0 fully saturated rings. The van der Waals surface area contributed by atoms with Gasteiger partial charge in [0.1, 0.15) is 5.82 Å². The van der Waals surface area contributed by atoms with Gasteiger partial charge < -0.3 is 10.7 Å². The van der Waals surface area contributed by atoms with Gasteiger partial charge in [-0.3, -0.25) is 5.41 Å². The van der Waals surface area contributed by atoms with Crippen LogP contribution in [0.1, 0.15) is 25.6 Å². The summed E-state index contributed by atoms with van der Waals surface area (Å²) in [5.74, 6) is 0.491. The normalized spacial score (nSPS) is 13.5. The Bertz CT molecular complexity index is 493. The lowest BCUT2D eigenvalue weighted by molar-refractivity contribution is 0.542. The van der Waals surface area contributed by atoms with Crippen LogP contribution in [0.25, 0.3) is 0 Å². The van der Waals surface area contributed by atoms with Crippen LogP contribution in [0.2, 0.25) is 0 Å². The number of aromatic amines is 1. The minimum absolute atomic E-state index is 0.0250. The zero-order valence-corrected chi connectivity index (χ0v) is 10.6. The van der Waals surface area contributed by atoms with Crippen LogP contribution in [0.5, 0.6) is 0 Å². The molecular weight excluding hydrogens is 242 g/mol. The minimum Gasteiger partial charge on any atom is -0.388 e. The summed E-state index contributed by atoms with van der Waals surface area (Å²) in [5, 5.41) is 7.19. The second kappa shape index (κ2) is 5.28. The fourth-order valence-corrected chi connectivity index (χ4v) is 2.64. The van der Waals surface area contributed by atoms with Gasteiger partial charge in [0, 0.05) is 12.5 Å². The lowest BCUT2D eigenvalue weighted by atomic mass is 10.1. The molecule has 5 N–H and O–H groups in total. The highest BCUT2D eigenvalue weighted by molar-refractivity contribution is 7.89. The summed E-state index contributed by atoms with van der Waals surface area (Å²) >= 11 is 0. The zero-order chi connectivity index (χ0) is 13.1. The largest absolute Gasteiger partial charge is 0.388 e. The van der Waals surface area contributed by atoms with Crippen molar-refractivity contribution in [2.45, 2.75) is 37.8 Å². The van der Waals surface area contributed by atoms with Crippen LogP contribution >= 0.6 is 0 Å². The average molecular weight is 259 g/mol. The summed E-state index contributed by atoms with van der Waals surface area (Å²) in [5.41, 5.74) is 5.26. The number of rotatable bonds is 6. The monoisotopic (exact) mass is 259 g/mol. The second-order valence-electron chi connectivity index (χ2n) is 3.79. The molecule has 0 radical (unpaired) electrons. The Balaban J connectivity index is 2.81. The number of nitrogens with two attached hydrogens (primary N) is 1. The summed E-state index contributed by atoms with van der Waals surface area (Å²) in [4.78, 5) is 6.49. The van der Waals surface area contributed by atoms with E-state index in [-0.39, 0.29) is 23.3 Å². The molecule has 0 aliphatic carbocycles. The van der Waals surface area contributed by atoms with Crippen molar-refractivity contribution < 1.29 is 8.42 Å². The van der Waals surface area contributed by atoms with Crippen LogP contribution in [0, 0.1) is 12.3 Å². The number of hydrogen-bond acceptors (Lipinski definition) is 4. The van der Waals surface area contributed by atoms with Crippen LogP contribution in [0.4, 0.5) is 0 Å². The van der Waals surface area contributed by atoms with Gasteiger partial charge in [0.2, 0.25) is 0 Å². The molecule has 1 rings (SSSR count). The molecule has 7 nitrogen and oxygen atoms in total. The van der Waals surface area contributed by atoms with Crippen molar-refractivity contribution >= 4 is 15.9 Å². The van der Waals surface area contributed by atoms with E-state index in [1.807, 2.05) is 6.92 Å². The Labute approximate surface area is 100 Å². The van der Waals surface area contributed by atoms with Crippen LogP contribution in [-0.2, 0) is 10.0 Å². The van der Waals surface area contributed by atoms with Crippen LogP contribution < -0.4 is 10.5 Å². The first kappa shape index (κ1) is 13.7. The predicted octanol–water partition coefficient (Wildman–Crippen LogP) is 0.101. The molecule has 1 unspecified atom stereocenters. The van der Waals surface area contributed by atoms with Gasteiger partial charge in [-0.25, -0.2) is 18.1 Å². The molecule has 0 aliphatic heterocycles. The third kappa shape index (κ3) is 3.82. The van der Waals surface area contributed by atoms with Crippen molar-refractivity contribution in [2.75, 3.05) is 0 Å². The number of aromatic nitrogens is 2. The summed E-state index contributed by atoms with van der Waals surface area (Å²) in [6.45, 7) is 3.50. The average Bonchev–Trinajstić information content (AvgIpc) is 2.63. The Morgan fingerprint density at radius 1 is 1.71 bits per heavy atom. The van der Waals surface area contributed by atoms with Gasteiger partial charge in [0.05, 0.1) is 12.0 Å². The lowest BCUT2D eigenvalue weighted by Crippen LogP contribution is -2.37. The van der Waals surface area contributed by atoms with E-state index in [0.29, 0.717) is 12.2 Å². The molecule has 0 saturated carbocycles. The molecular formula is C9H17N5O2S. The van der Waals surface area contributed by atoms with Crippen LogP contribution in [0.3, 0.4) is 0 Å². The highest BCUT2D eigenvalue weighted by atomic mass is 32.2. The Hall–Kier alpha value is -1.41. The number of nitrogens with zero attached hydrogens (tertiary/aromatic N) is 1. The highest BCUT2D eigenvalue weighted by Gasteiger charge is 2.21. The van der Waals surface area contributed by atoms with E-state index >= 15 is 0 Å². The summed E-state index contributed by atoms with van der Waals surface area (Å²) in [7, 11) is -3.62. The van der Waals surface area contributed by atoms with Gasteiger partial charge in [-0.05, 0) is 13.3 Å². The van der Waals surface area contributed by atoms with E-state index in [2.05, 4.69) is 14.7 Å². The van der Waals surface area contributed by atoms with E-state index in [1.165, 1.54) is 6.20 Å². The molecule has 1 aromatic heterocycles. The van der Waals surface area contributed by atoms with E-state index < -0.39 is 10.0 Å². The van der Waals surface area contributed by atoms with Crippen molar-refractivity contribution in [3.8, 4) is 0 Å². The molecule has 0 saturated heterocycles. The SMILES string of the molecule is CCC(CC(=N)N)NS(=O)(=O)c1cnc(C)[nH]1. The topological polar surface area (TPSA) is 125 Å². The van der Waals surface area contributed by atoms with E-state index in [9.17, 15) is 8.42 Å². The van der Waals surface area contributed by atoms with E-state index in [1.54, 1.807) is 6.92 Å². The molecule has 1 aromatic rings. The summed E-state index contributed by atoms with van der Waals surface area (Å²) < 4.78 is 26.3. The smallest absolute Gasteiger partial charge is 0.257 e. The molecule has 0 amide bonds. The van der Waals surface area contributed by atoms with Gasteiger partial charge in [-0.1, -0.05) is 6.92 Å². The molecule has 1 heterocycles. The van der Waals surface area contributed by atoms with E-state index in [4.69, 9.17) is 11.1 Å². The Morgan fingerprint density at radius 3 is 2.76 bits per heavy atom. The highest BCUT2D eigenvalue weighted by Crippen LogP contribution is 2.08. The third-order valence-electron chi connectivity index (χ3n) is 2.25. The first-order chi connectivity index (χ1) is 7.85. The molecule has 0 aliphatic rings. The number of sulfonamides is 1. The molecule has 17 heavy (non-hydrogen) atoms. The number of nitrogens with one attached hydrogen (secondary N) is 3. The maximum absolute atomic E-state index is 11.9. The predicted molar refractivity (Wildman–Crippen MR) is 64.3 cm³/mol. The first-order valence-corrected chi connectivity index (χ1v) is 6.70. The van der Waals surface area contributed by atoms with Crippen molar-refractivity contribution in [1.29, 1.82) is 5.41 Å². The molecule has 0 aromatic carbocycles. The fourth-order valence-electron chi connectivity index (χ4n) is 1.35. The molecule has 0 bridgehead atoms. The molecule has 8 heteroatoms. The van der Waals surface area contributed by atoms with Gasteiger partial charge in [-0.2, -0.15) is 0 Å². The van der Waals surface area contributed by atoms with Gasteiger partial charge in [0.15, 0.2) is 5.03 Å². The summed E-state index contributed by atoms with van der Waals surface area (Å²) in [6, 6.07) is -0.374. The Morgan fingerprint density at radius 2 is 2.35 bits per heavy atom. The zero-order valence-electron chi connectivity index (χ0n) is 9.82. The lowest BCUT2D eigenvalue weighted by Gasteiger charge is -2.15. The number of amidine groups is 1. The standard InChI is InChI=1S/C9H17N5O2S/c1-3-7(4-8(10)11)14-17(15,16)9-5-12-6(2)13-9/h5,7,14H,3-4H2,1-2H3,(H3,10,11)(H,12,13). The number of aryl methyl sites for hydroxylation is 1. The molecule has 0 spiro atoms. The van der Waals surface area contributed by atoms with Crippen molar-refractivity contribution in [3.05, 3.63) is 12.0 Å². The van der Waals surface area contributed by atoms with Gasteiger partial charge in [-0.15, -0.1) is 0 Å². The third-order valence-corrected chi connectivity index (χ3v) is 3.68. The number of hydrogen-bond donors (Lipinski definition) is 4. The van der Waals surface area contributed by atoms with Crippen molar-refractivity contribution in [3.63, 3.8) is 0 Å².